The van der Waals surface area contributed by atoms with E-state index in [1.807, 2.05) is 0 Å². The Bertz CT molecular complexity index is 266. The lowest BCUT2D eigenvalue weighted by molar-refractivity contribution is 0.693. The van der Waals surface area contributed by atoms with Crippen LogP contribution in [0.4, 0.5) is 0 Å². The minimum absolute atomic E-state index is 0.200. The van der Waals surface area contributed by atoms with Crippen LogP contribution in [0, 0.1) is 13.8 Å². The molecule has 2 N–H and O–H groups in total. The molecule has 1 aromatic carbocycles. The van der Waals surface area contributed by atoms with Gasteiger partial charge in [-0.05, 0) is 31.4 Å². The molecule has 0 bridgehead atoms. The van der Waals surface area contributed by atoms with E-state index < -0.39 is 0 Å². The molecular weight excluding hydrogens is 146 g/mol. The second-order valence-corrected chi connectivity index (χ2v) is 3.37. The predicted octanol–water partition coefficient (Wildman–Crippen LogP) is 2.71. The summed E-state index contributed by atoms with van der Waals surface area (Å²) in [5.74, 6) is 0. The molecule has 1 heteroatoms. The maximum absolute atomic E-state index is 5.95. The molecule has 0 saturated heterocycles. The zero-order valence-electron chi connectivity index (χ0n) is 8.09. The molecule has 12 heavy (non-hydrogen) atoms. The Morgan fingerprint density at radius 2 is 2.00 bits per heavy atom. The van der Waals surface area contributed by atoms with Crippen molar-refractivity contribution in [1.82, 2.24) is 0 Å². The smallest absolute Gasteiger partial charge is 0.0294 e. The van der Waals surface area contributed by atoms with Crippen LogP contribution in [0.1, 0.15) is 36.1 Å². The summed E-state index contributed by atoms with van der Waals surface area (Å²) in [7, 11) is 0. The summed E-state index contributed by atoms with van der Waals surface area (Å²) in [5, 5.41) is 0. The van der Waals surface area contributed by atoms with Crippen molar-refractivity contribution >= 4 is 0 Å². The molecule has 0 aliphatic heterocycles. The Labute approximate surface area is 74.6 Å². The molecule has 0 unspecified atom stereocenters. The van der Waals surface area contributed by atoms with E-state index in [-0.39, 0.29) is 6.04 Å². The molecule has 0 saturated carbocycles. The molecule has 0 aliphatic rings. The van der Waals surface area contributed by atoms with Crippen LogP contribution < -0.4 is 5.73 Å². The number of hydrogen-bond acceptors (Lipinski definition) is 1. The molecular formula is C11H17N. The molecule has 66 valence electrons. The van der Waals surface area contributed by atoms with Crippen LogP contribution in [0.25, 0.3) is 0 Å². The summed E-state index contributed by atoms with van der Waals surface area (Å²) in [4.78, 5) is 0. The van der Waals surface area contributed by atoms with E-state index in [9.17, 15) is 0 Å². The fourth-order valence-electron chi connectivity index (χ4n) is 1.46. The van der Waals surface area contributed by atoms with Crippen LogP contribution >= 0.6 is 0 Å². The highest BCUT2D eigenvalue weighted by Gasteiger charge is 2.05. The second-order valence-electron chi connectivity index (χ2n) is 3.37. The number of hydrogen-bond donors (Lipinski definition) is 1. The van der Waals surface area contributed by atoms with Crippen molar-refractivity contribution in [2.75, 3.05) is 0 Å². The first-order chi connectivity index (χ1) is 5.65. The summed E-state index contributed by atoms with van der Waals surface area (Å²) >= 11 is 0. The van der Waals surface area contributed by atoms with Gasteiger partial charge < -0.3 is 5.73 Å². The van der Waals surface area contributed by atoms with Gasteiger partial charge in [0, 0.05) is 6.04 Å². The van der Waals surface area contributed by atoms with Gasteiger partial charge in [0.25, 0.3) is 0 Å². The third-order valence-corrected chi connectivity index (χ3v) is 2.26. The Kier molecular flexibility index (Phi) is 2.88. The van der Waals surface area contributed by atoms with Gasteiger partial charge in [-0.25, -0.2) is 0 Å². The number of benzene rings is 1. The Morgan fingerprint density at radius 1 is 1.33 bits per heavy atom. The molecule has 1 rings (SSSR count). The van der Waals surface area contributed by atoms with Crippen LogP contribution in [-0.4, -0.2) is 0 Å². The van der Waals surface area contributed by atoms with E-state index in [0.717, 1.165) is 6.42 Å². The summed E-state index contributed by atoms with van der Waals surface area (Å²) in [6.07, 6.45) is 1.00. The summed E-state index contributed by atoms with van der Waals surface area (Å²) in [6.45, 7) is 6.34. The molecule has 0 heterocycles. The molecule has 1 atom stereocenters. The zero-order valence-corrected chi connectivity index (χ0v) is 8.09. The van der Waals surface area contributed by atoms with Crippen molar-refractivity contribution in [3.8, 4) is 0 Å². The van der Waals surface area contributed by atoms with Crippen molar-refractivity contribution in [3.63, 3.8) is 0 Å². The van der Waals surface area contributed by atoms with Gasteiger partial charge in [0.15, 0.2) is 0 Å². The highest BCUT2D eigenvalue weighted by molar-refractivity contribution is 5.32. The molecule has 0 fully saturated rings. The van der Waals surface area contributed by atoms with Crippen LogP contribution in [0.5, 0.6) is 0 Å². The number of aryl methyl sites for hydroxylation is 2. The lowest BCUT2D eigenvalue weighted by atomic mass is 9.98. The van der Waals surface area contributed by atoms with Crippen LogP contribution in [-0.2, 0) is 0 Å². The van der Waals surface area contributed by atoms with E-state index in [4.69, 9.17) is 5.73 Å². The topological polar surface area (TPSA) is 26.0 Å². The fourth-order valence-corrected chi connectivity index (χ4v) is 1.46. The van der Waals surface area contributed by atoms with E-state index >= 15 is 0 Å². The quantitative estimate of drug-likeness (QED) is 0.712. The van der Waals surface area contributed by atoms with Gasteiger partial charge in [-0.1, -0.05) is 30.7 Å². The van der Waals surface area contributed by atoms with Crippen LogP contribution in [0.3, 0.4) is 0 Å². The van der Waals surface area contributed by atoms with Gasteiger partial charge in [-0.15, -0.1) is 0 Å². The monoisotopic (exact) mass is 163 g/mol. The minimum Gasteiger partial charge on any atom is -0.324 e. The molecule has 1 aromatic rings. The van der Waals surface area contributed by atoms with Crippen molar-refractivity contribution in [2.24, 2.45) is 5.73 Å². The normalized spacial score (nSPS) is 13.0. The van der Waals surface area contributed by atoms with Crippen molar-refractivity contribution in [2.45, 2.75) is 33.2 Å². The second kappa shape index (κ2) is 3.72. The lowest BCUT2D eigenvalue weighted by Gasteiger charge is -2.12. The summed E-state index contributed by atoms with van der Waals surface area (Å²) in [5.41, 5.74) is 9.84. The first kappa shape index (κ1) is 9.27. The maximum atomic E-state index is 5.95. The number of rotatable bonds is 2. The average molecular weight is 163 g/mol. The van der Waals surface area contributed by atoms with E-state index in [1.165, 1.54) is 16.7 Å². The van der Waals surface area contributed by atoms with Crippen molar-refractivity contribution in [3.05, 3.63) is 34.9 Å². The van der Waals surface area contributed by atoms with Gasteiger partial charge in [0.2, 0.25) is 0 Å². The summed E-state index contributed by atoms with van der Waals surface area (Å²) < 4.78 is 0. The van der Waals surface area contributed by atoms with Gasteiger partial charge in [-0.3, -0.25) is 0 Å². The predicted molar refractivity (Wildman–Crippen MR) is 53.1 cm³/mol. The SMILES string of the molecule is CC[C@H](N)c1ccc(C)cc1C. The first-order valence-electron chi connectivity index (χ1n) is 4.48. The largest absolute Gasteiger partial charge is 0.324 e. The molecule has 0 aromatic heterocycles. The maximum Gasteiger partial charge on any atom is 0.0294 e. The van der Waals surface area contributed by atoms with E-state index in [1.54, 1.807) is 0 Å². The molecule has 0 spiro atoms. The van der Waals surface area contributed by atoms with Crippen LogP contribution in [0.15, 0.2) is 18.2 Å². The van der Waals surface area contributed by atoms with Gasteiger partial charge in [0.1, 0.15) is 0 Å². The van der Waals surface area contributed by atoms with Gasteiger partial charge in [0.05, 0.1) is 0 Å². The fraction of sp³-hybridized carbons (Fsp3) is 0.455. The zero-order chi connectivity index (χ0) is 9.14. The third kappa shape index (κ3) is 1.86. The Morgan fingerprint density at radius 3 is 2.50 bits per heavy atom. The average Bonchev–Trinajstić information content (AvgIpc) is 2.03. The number of nitrogens with two attached hydrogens (primary N) is 1. The summed E-state index contributed by atoms with van der Waals surface area (Å²) in [6, 6.07) is 6.65. The van der Waals surface area contributed by atoms with Crippen LogP contribution in [0.2, 0.25) is 0 Å². The Hall–Kier alpha value is -0.820. The lowest BCUT2D eigenvalue weighted by Crippen LogP contribution is -2.10. The highest BCUT2D eigenvalue weighted by Crippen LogP contribution is 2.18. The standard InChI is InChI=1S/C11H17N/c1-4-11(12)10-6-5-8(2)7-9(10)3/h5-7,11H,4,12H2,1-3H3/t11-/m0/s1. The van der Waals surface area contributed by atoms with E-state index in [0.29, 0.717) is 0 Å². The van der Waals surface area contributed by atoms with E-state index in [2.05, 4.69) is 39.0 Å². The van der Waals surface area contributed by atoms with Gasteiger partial charge in [-0.2, -0.15) is 0 Å². The molecule has 1 nitrogen and oxygen atoms in total. The third-order valence-electron chi connectivity index (χ3n) is 2.26. The van der Waals surface area contributed by atoms with Crippen molar-refractivity contribution < 1.29 is 0 Å². The van der Waals surface area contributed by atoms with Crippen molar-refractivity contribution in [1.29, 1.82) is 0 Å². The molecule has 0 radical (unpaired) electrons. The van der Waals surface area contributed by atoms with Gasteiger partial charge >= 0.3 is 0 Å². The minimum atomic E-state index is 0.200. The first-order valence-corrected chi connectivity index (χ1v) is 4.48. The Balaban J connectivity index is 3.01. The highest BCUT2D eigenvalue weighted by atomic mass is 14.6. The molecule has 0 aliphatic carbocycles. The molecule has 0 amide bonds.